The predicted molar refractivity (Wildman–Crippen MR) is 106 cm³/mol. The van der Waals surface area contributed by atoms with Crippen LogP contribution in [-0.2, 0) is 9.47 Å². The Morgan fingerprint density at radius 2 is 1.78 bits per heavy atom. The summed E-state index contributed by atoms with van der Waals surface area (Å²) in [5.74, 6) is 2.25. The van der Waals surface area contributed by atoms with Gasteiger partial charge >= 0.3 is 0 Å². The van der Waals surface area contributed by atoms with E-state index in [-0.39, 0.29) is 29.1 Å². The van der Waals surface area contributed by atoms with E-state index in [4.69, 9.17) is 15.0 Å². The molecule has 27 heavy (non-hydrogen) atoms. The molecule has 0 aromatic rings. The van der Waals surface area contributed by atoms with Crippen molar-refractivity contribution in [3.63, 3.8) is 0 Å². The normalized spacial score (nSPS) is 51.7. The topological polar surface area (TPSA) is 67.2 Å². The minimum atomic E-state index is 0.0779. The van der Waals surface area contributed by atoms with Crippen molar-refractivity contribution in [3.8, 4) is 0 Å². The summed E-state index contributed by atoms with van der Waals surface area (Å²) >= 11 is 0. The molecular weight excluding hydrogens is 338 g/mol. The molecule has 4 unspecified atom stereocenters. The summed E-state index contributed by atoms with van der Waals surface area (Å²) in [7, 11) is 3.70. The van der Waals surface area contributed by atoms with E-state index in [0.29, 0.717) is 23.7 Å². The van der Waals surface area contributed by atoms with Gasteiger partial charge in [-0.15, -0.1) is 0 Å². The molecule has 4 rings (SSSR count). The van der Waals surface area contributed by atoms with Crippen molar-refractivity contribution in [2.45, 2.75) is 77.0 Å². The summed E-state index contributed by atoms with van der Waals surface area (Å²) < 4.78 is 12.3. The molecule has 0 radical (unpaired) electrons. The van der Waals surface area contributed by atoms with Crippen molar-refractivity contribution in [2.24, 2.45) is 39.6 Å². The molecule has 0 heterocycles. The van der Waals surface area contributed by atoms with Crippen molar-refractivity contribution in [3.05, 3.63) is 22.6 Å². The summed E-state index contributed by atoms with van der Waals surface area (Å²) in [5.41, 5.74) is 10.9. The number of ether oxygens (including phenoxy) is 2. The average molecular weight is 374 g/mol. The maximum atomic E-state index is 8.94. The number of rotatable bonds is 3. The van der Waals surface area contributed by atoms with E-state index in [0.717, 1.165) is 25.7 Å². The lowest BCUT2D eigenvalue weighted by Crippen LogP contribution is -2.64. The summed E-state index contributed by atoms with van der Waals surface area (Å²) in [6.07, 6.45) is 8.18. The quantitative estimate of drug-likeness (QED) is 0.283. The van der Waals surface area contributed by atoms with Gasteiger partial charge in [-0.2, -0.15) is 0 Å². The number of azide groups is 1. The fourth-order valence-corrected chi connectivity index (χ4v) is 7.86. The number of hydrogen-bond acceptors (Lipinski definition) is 3. The third-order valence-corrected chi connectivity index (χ3v) is 9.38. The van der Waals surface area contributed by atoms with Crippen molar-refractivity contribution in [2.75, 3.05) is 14.2 Å². The van der Waals surface area contributed by atoms with E-state index in [1.807, 2.05) is 14.2 Å². The lowest BCUT2D eigenvalue weighted by atomic mass is 9.43. The molecule has 5 nitrogen and oxygen atoms in total. The minimum absolute atomic E-state index is 0.0779. The highest BCUT2D eigenvalue weighted by Gasteiger charge is 2.64. The second kappa shape index (κ2) is 6.79. The molecule has 5 heteroatoms. The van der Waals surface area contributed by atoms with Crippen molar-refractivity contribution >= 4 is 0 Å². The van der Waals surface area contributed by atoms with Crippen LogP contribution in [0.3, 0.4) is 0 Å². The van der Waals surface area contributed by atoms with Gasteiger partial charge in [-0.05, 0) is 85.0 Å². The fraction of sp³-hybridized carbons (Fsp3) is 0.909. The zero-order valence-corrected chi connectivity index (χ0v) is 17.4. The molecule has 4 fully saturated rings. The highest BCUT2D eigenvalue weighted by atomic mass is 16.5. The van der Waals surface area contributed by atoms with Crippen molar-refractivity contribution in [1.29, 1.82) is 0 Å². The van der Waals surface area contributed by atoms with Crippen LogP contribution in [-0.4, -0.2) is 32.5 Å². The second-order valence-electron chi connectivity index (χ2n) is 10.0. The van der Waals surface area contributed by atoms with Crippen molar-refractivity contribution in [1.82, 2.24) is 0 Å². The molecule has 0 N–H and O–H groups in total. The van der Waals surface area contributed by atoms with Crippen LogP contribution in [0, 0.1) is 34.5 Å². The van der Waals surface area contributed by atoms with Gasteiger partial charge < -0.3 is 9.47 Å². The predicted octanol–water partition coefficient (Wildman–Crippen LogP) is 5.51. The summed E-state index contributed by atoms with van der Waals surface area (Å²) in [6.45, 7) is 9.39. The lowest BCUT2D eigenvalue weighted by Gasteiger charge is -2.64. The molecule has 150 valence electrons. The van der Waals surface area contributed by atoms with E-state index < -0.39 is 0 Å². The van der Waals surface area contributed by atoms with Gasteiger partial charge in [-0.25, -0.2) is 0 Å². The Kier molecular flexibility index (Phi) is 4.85. The Balaban J connectivity index is 1.74. The number of fused-ring (bicyclic) bond motifs is 5. The van der Waals surface area contributed by atoms with E-state index in [1.165, 1.54) is 24.8 Å². The van der Waals surface area contributed by atoms with Gasteiger partial charge in [0, 0.05) is 25.2 Å². The van der Waals surface area contributed by atoms with E-state index in [1.54, 1.807) is 0 Å². The molecule has 4 aliphatic carbocycles. The highest BCUT2D eigenvalue weighted by molar-refractivity contribution is 5.23. The first-order chi connectivity index (χ1) is 12.9. The van der Waals surface area contributed by atoms with Crippen LogP contribution in [0.25, 0.3) is 10.4 Å². The Bertz CT molecular complexity index is 660. The molecule has 0 saturated heterocycles. The van der Waals surface area contributed by atoms with Gasteiger partial charge in [0.25, 0.3) is 0 Å². The van der Waals surface area contributed by atoms with Gasteiger partial charge in [0.05, 0.1) is 12.2 Å². The van der Waals surface area contributed by atoms with Gasteiger partial charge in [0.15, 0.2) is 0 Å². The summed E-state index contributed by atoms with van der Waals surface area (Å²) in [4.78, 5) is 3.10. The van der Waals surface area contributed by atoms with E-state index in [2.05, 4.69) is 30.5 Å². The van der Waals surface area contributed by atoms with Crippen LogP contribution >= 0.6 is 0 Å². The molecule has 4 aliphatic rings. The van der Waals surface area contributed by atoms with E-state index >= 15 is 0 Å². The zero-order chi connectivity index (χ0) is 19.4. The minimum Gasteiger partial charge on any atom is -0.378 e. The molecule has 0 amide bonds. The number of hydrogen-bond donors (Lipinski definition) is 0. The van der Waals surface area contributed by atoms with Crippen LogP contribution < -0.4 is 0 Å². The van der Waals surface area contributed by atoms with Crippen LogP contribution in [0.15, 0.2) is 17.3 Å². The molecule has 4 saturated carbocycles. The Morgan fingerprint density at radius 3 is 2.44 bits per heavy atom. The van der Waals surface area contributed by atoms with Gasteiger partial charge in [-0.3, -0.25) is 0 Å². The average Bonchev–Trinajstić information content (AvgIpc) is 2.96. The molecular formula is C22H35N3O2. The van der Waals surface area contributed by atoms with Crippen LogP contribution in [0.4, 0.5) is 0 Å². The Labute approximate surface area is 163 Å². The first kappa shape index (κ1) is 19.3. The SMILES string of the molecule is C=C1CCC2C3C(CC[C@]12C)[C@@]1(C)CC[C@H](N=[N+]=[N-])CC1[C@@H](OC)[C@@H]3OC. The molecule has 0 aromatic heterocycles. The molecule has 0 aliphatic heterocycles. The molecule has 0 aromatic carbocycles. The largest absolute Gasteiger partial charge is 0.378 e. The van der Waals surface area contributed by atoms with Gasteiger partial charge in [0.1, 0.15) is 0 Å². The zero-order valence-electron chi connectivity index (χ0n) is 17.4. The Morgan fingerprint density at radius 1 is 1.04 bits per heavy atom. The fourth-order valence-electron chi connectivity index (χ4n) is 7.86. The maximum Gasteiger partial charge on any atom is 0.0869 e. The van der Waals surface area contributed by atoms with Gasteiger partial charge in [-0.1, -0.05) is 31.1 Å². The molecule has 0 spiro atoms. The third-order valence-electron chi connectivity index (χ3n) is 9.38. The number of methoxy groups -OCH3 is 2. The Hall–Kier alpha value is -1.03. The molecule has 0 bridgehead atoms. The van der Waals surface area contributed by atoms with Gasteiger partial charge in [0.2, 0.25) is 0 Å². The summed E-state index contributed by atoms with van der Waals surface area (Å²) in [5, 5.41) is 4.08. The number of nitrogens with zero attached hydrogens (tertiary/aromatic N) is 3. The first-order valence-electron chi connectivity index (χ1n) is 10.7. The summed E-state index contributed by atoms with van der Waals surface area (Å²) in [6, 6.07) is 0.0971. The van der Waals surface area contributed by atoms with Crippen LogP contribution in [0.5, 0.6) is 0 Å². The molecule has 9 atom stereocenters. The maximum absolute atomic E-state index is 8.94. The number of allylic oxidation sites excluding steroid dienone is 1. The smallest absolute Gasteiger partial charge is 0.0869 e. The highest BCUT2D eigenvalue weighted by Crippen LogP contribution is 2.67. The first-order valence-corrected chi connectivity index (χ1v) is 10.7. The van der Waals surface area contributed by atoms with Crippen molar-refractivity contribution < 1.29 is 9.47 Å². The second-order valence-corrected chi connectivity index (χ2v) is 10.0. The van der Waals surface area contributed by atoms with E-state index in [9.17, 15) is 0 Å². The monoisotopic (exact) mass is 373 g/mol. The van der Waals surface area contributed by atoms with Crippen LogP contribution in [0.2, 0.25) is 0 Å². The standard InChI is InChI=1S/C22H35N3O2/c1-13-6-7-15-18-16(9-11-21(13,15)2)22(3)10-8-14(24-25-23)12-17(22)19(26-4)20(18)27-5/h14-20H,1,6-12H2,2-5H3/t14-,15?,16?,17?,18?,19+,20+,21+,22+/m0/s1. The third kappa shape index (κ3) is 2.62. The van der Waals surface area contributed by atoms with Crippen LogP contribution in [0.1, 0.15) is 58.8 Å². The lowest BCUT2D eigenvalue weighted by molar-refractivity contribution is -0.225.